The van der Waals surface area contributed by atoms with Gasteiger partial charge in [0.05, 0.1) is 20.4 Å². The maximum Gasteiger partial charge on any atom is 0.161 e. The van der Waals surface area contributed by atoms with Gasteiger partial charge in [0.15, 0.2) is 8.68 Å². The summed E-state index contributed by atoms with van der Waals surface area (Å²) >= 11 is 11.9. The highest BCUT2D eigenvalue weighted by Gasteiger charge is 2.12. The molecule has 0 atom stereocenters. The number of fused-ring (bicyclic) bond motifs is 2. The average Bonchev–Trinajstić information content (AvgIpc) is 3.23. The van der Waals surface area contributed by atoms with E-state index >= 15 is 0 Å². The molecule has 2 aromatic heterocycles. The molecule has 4 rings (SSSR count). The minimum atomic E-state index is 0.975. The lowest BCUT2D eigenvalue weighted by Crippen LogP contribution is -1.76. The quantitative estimate of drug-likeness (QED) is 0.235. The fourth-order valence-corrected chi connectivity index (χ4v) is 7.96. The van der Waals surface area contributed by atoms with Crippen molar-refractivity contribution >= 4 is 110 Å². The van der Waals surface area contributed by atoms with Crippen LogP contribution in [0.15, 0.2) is 54.9 Å². The zero-order valence-electron chi connectivity index (χ0n) is 11.7. The number of benzene rings is 2. The SMILES string of the molecule is SSc1nc2c(SSc3cccc4sc(SS)nc34)cccc2s1. The Labute approximate surface area is 173 Å². The van der Waals surface area contributed by atoms with Crippen molar-refractivity contribution in [2.75, 3.05) is 0 Å². The normalized spacial score (nSPS) is 11.6. The molecule has 122 valence electrons. The Morgan fingerprint density at radius 2 is 1.17 bits per heavy atom. The third-order valence-corrected chi connectivity index (χ3v) is 10.4. The number of rotatable bonds is 5. The second-order valence-electron chi connectivity index (χ2n) is 4.51. The highest BCUT2D eigenvalue weighted by atomic mass is 33.1. The monoisotopic (exact) mass is 460 g/mol. The molecular formula is C14H8N2S8. The van der Waals surface area contributed by atoms with Crippen molar-refractivity contribution in [3.05, 3.63) is 36.4 Å². The summed E-state index contributed by atoms with van der Waals surface area (Å²) in [5, 5.41) is 0. The van der Waals surface area contributed by atoms with Crippen LogP contribution in [-0.4, -0.2) is 9.97 Å². The van der Waals surface area contributed by atoms with E-state index in [0.29, 0.717) is 0 Å². The molecule has 0 unspecified atom stereocenters. The molecule has 2 heterocycles. The molecule has 24 heavy (non-hydrogen) atoms. The number of nitrogens with zero attached hydrogens (tertiary/aromatic N) is 2. The van der Waals surface area contributed by atoms with E-state index in [1.54, 1.807) is 44.3 Å². The first-order valence-electron chi connectivity index (χ1n) is 6.55. The van der Waals surface area contributed by atoms with Gasteiger partial charge in [-0.15, -0.1) is 46.0 Å². The van der Waals surface area contributed by atoms with Gasteiger partial charge in [0.1, 0.15) is 0 Å². The molecule has 0 amide bonds. The summed E-state index contributed by atoms with van der Waals surface area (Å²) < 4.78 is 4.34. The molecule has 0 saturated heterocycles. The Morgan fingerprint density at radius 1 is 0.708 bits per heavy atom. The van der Waals surface area contributed by atoms with Crippen molar-refractivity contribution in [2.24, 2.45) is 0 Å². The fraction of sp³-hybridized carbons (Fsp3) is 0. The van der Waals surface area contributed by atoms with E-state index in [4.69, 9.17) is 0 Å². The van der Waals surface area contributed by atoms with Crippen LogP contribution in [0.1, 0.15) is 0 Å². The molecule has 0 aliphatic heterocycles. The van der Waals surface area contributed by atoms with E-state index in [-0.39, 0.29) is 0 Å². The molecule has 0 radical (unpaired) electrons. The van der Waals surface area contributed by atoms with Gasteiger partial charge in [-0.25, -0.2) is 9.97 Å². The lowest BCUT2D eigenvalue weighted by molar-refractivity contribution is 1.28. The molecule has 2 aromatic carbocycles. The van der Waals surface area contributed by atoms with E-state index in [9.17, 15) is 0 Å². The van der Waals surface area contributed by atoms with Gasteiger partial charge in [-0.05, 0) is 45.9 Å². The molecule has 2 nitrogen and oxygen atoms in total. The Hall–Kier alpha value is 0.320. The zero-order chi connectivity index (χ0) is 16.5. The lowest BCUT2D eigenvalue weighted by Gasteiger charge is -2.03. The summed E-state index contributed by atoms with van der Waals surface area (Å²) in [5.41, 5.74) is 2.10. The van der Waals surface area contributed by atoms with Gasteiger partial charge in [-0.1, -0.05) is 33.7 Å². The largest absolute Gasteiger partial charge is 0.228 e. The molecular weight excluding hydrogens is 453 g/mol. The zero-order valence-corrected chi connectivity index (χ0v) is 18.4. The first kappa shape index (κ1) is 17.7. The van der Waals surface area contributed by atoms with Crippen molar-refractivity contribution in [3.63, 3.8) is 0 Å². The summed E-state index contributed by atoms with van der Waals surface area (Å²) in [5.74, 6) is 0. The highest BCUT2D eigenvalue weighted by molar-refractivity contribution is 8.76. The van der Waals surface area contributed by atoms with Crippen LogP contribution in [0.5, 0.6) is 0 Å². The first-order valence-corrected chi connectivity index (χ1v) is 14.1. The molecule has 0 N–H and O–H groups in total. The summed E-state index contributed by atoms with van der Waals surface area (Å²) in [7, 11) is 6.23. The topological polar surface area (TPSA) is 25.8 Å². The third kappa shape index (κ3) is 3.57. The lowest BCUT2D eigenvalue weighted by atomic mass is 10.3. The smallest absolute Gasteiger partial charge is 0.161 e. The van der Waals surface area contributed by atoms with Crippen LogP contribution in [-0.2, 0) is 0 Å². The minimum Gasteiger partial charge on any atom is -0.228 e. The maximum absolute atomic E-state index is 4.67. The maximum atomic E-state index is 4.67. The van der Waals surface area contributed by atoms with Crippen molar-refractivity contribution in [1.29, 1.82) is 0 Å². The van der Waals surface area contributed by atoms with Crippen molar-refractivity contribution in [2.45, 2.75) is 18.5 Å². The predicted molar refractivity (Wildman–Crippen MR) is 121 cm³/mol. The molecule has 0 aliphatic carbocycles. The van der Waals surface area contributed by atoms with Gasteiger partial charge >= 0.3 is 0 Å². The molecule has 0 aliphatic rings. The standard InChI is InChI=1S/C14H8N2S8/c17-21-13-15-11-7(19-13)3-1-5-9(11)23-24-10-6-2-4-8-12(10)16-14(20-8)22-18/h1-6,17-18H. The van der Waals surface area contributed by atoms with Crippen molar-refractivity contribution in [1.82, 2.24) is 9.97 Å². The van der Waals surface area contributed by atoms with Crippen LogP contribution in [0.4, 0.5) is 0 Å². The van der Waals surface area contributed by atoms with Gasteiger partial charge in [0, 0.05) is 9.79 Å². The predicted octanol–water partition coefficient (Wildman–Crippen LogP) is 7.58. The van der Waals surface area contributed by atoms with E-state index in [2.05, 4.69) is 69.7 Å². The molecule has 4 aromatic rings. The molecule has 0 fully saturated rings. The first-order chi connectivity index (χ1) is 11.8. The molecule has 0 spiro atoms. The average molecular weight is 461 g/mol. The second-order valence-corrected chi connectivity index (χ2v) is 11.5. The van der Waals surface area contributed by atoms with E-state index in [0.717, 1.165) is 19.7 Å². The van der Waals surface area contributed by atoms with Crippen LogP contribution in [0, 0.1) is 0 Å². The number of para-hydroxylation sites is 2. The minimum absolute atomic E-state index is 0.975. The third-order valence-electron chi connectivity index (χ3n) is 3.10. The summed E-state index contributed by atoms with van der Waals surface area (Å²) in [4.78, 5) is 11.7. The fourth-order valence-electron chi connectivity index (χ4n) is 2.11. The van der Waals surface area contributed by atoms with E-state index in [1.807, 2.05) is 0 Å². The van der Waals surface area contributed by atoms with Gasteiger partial charge < -0.3 is 0 Å². The van der Waals surface area contributed by atoms with E-state index in [1.165, 1.54) is 40.8 Å². The Bertz CT molecular complexity index is 927. The molecule has 0 bridgehead atoms. The molecule has 10 heteroatoms. The van der Waals surface area contributed by atoms with Crippen molar-refractivity contribution in [3.8, 4) is 0 Å². The summed E-state index contributed by atoms with van der Waals surface area (Å²) in [6, 6.07) is 12.6. The van der Waals surface area contributed by atoms with Crippen molar-refractivity contribution < 1.29 is 0 Å². The summed E-state index contributed by atoms with van der Waals surface area (Å²) in [6.07, 6.45) is 0. The number of hydrogen-bond acceptors (Lipinski definition) is 10. The van der Waals surface area contributed by atoms with Crippen LogP contribution in [0.2, 0.25) is 0 Å². The van der Waals surface area contributed by atoms with Gasteiger partial charge in [-0.2, -0.15) is 0 Å². The number of thiazole rings is 2. The van der Waals surface area contributed by atoms with Gasteiger partial charge in [0.25, 0.3) is 0 Å². The number of aromatic nitrogens is 2. The Balaban J connectivity index is 1.65. The van der Waals surface area contributed by atoms with Crippen LogP contribution >= 0.6 is 89.2 Å². The van der Waals surface area contributed by atoms with Gasteiger partial charge in [-0.3, -0.25) is 0 Å². The van der Waals surface area contributed by atoms with Crippen LogP contribution in [0.3, 0.4) is 0 Å². The number of thiol groups is 2. The second kappa shape index (κ2) is 7.91. The van der Waals surface area contributed by atoms with E-state index < -0.39 is 0 Å². The van der Waals surface area contributed by atoms with Crippen LogP contribution in [0.25, 0.3) is 20.4 Å². The summed E-state index contributed by atoms with van der Waals surface area (Å²) in [6.45, 7) is 0. The Kier molecular flexibility index (Phi) is 5.84. The van der Waals surface area contributed by atoms with Crippen LogP contribution < -0.4 is 0 Å². The highest BCUT2D eigenvalue weighted by Crippen LogP contribution is 2.45. The van der Waals surface area contributed by atoms with Gasteiger partial charge in [0.2, 0.25) is 0 Å². The molecule has 0 saturated carbocycles. The Morgan fingerprint density at radius 3 is 1.58 bits per heavy atom. The number of hydrogen-bond donors (Lipinski definition) is 2.